The Hall–Kier alpha value is -1.40. The highest BCUT2D eigenvalue weighted by Crippen LogP contribution is 2.23. The molecule has 5 nitrogen and oxygen atoms in total. The zero-order chi connectivity index (χ0) is 17.7. The van der Waals surface area contributed by atoms with Gasteiger partial charge in [-0.15, -0.1) is 0 Å². The average Bonchev–Trinajstić information content (AvgIpc) is 2.55. The Morgan fingerprint density at radius 3 is 2.42 bits per heavy atom. The number of rotatable bonds is 6. The maximum absolute atomic E-state index is 12.5. The van der Waals surface area contributed by atoms with Crippen LogP contribution in [0.2, 0.25) is 0 Å². The lowest BCUT2D eigenvalue weighted by Gasteiger charge is -2.31. The van der Waals surface area contributed by atoms with Crippen LogP contribution in [0.4, 0.5) is 0 Å². The van der Waals surface area contributed by atoms with Gasteiger partial charge >= 0.3 is 0 Å². The van der Waals surface area contributed by atoms with E-state index < -0.39 is 16.1 Å². The predicted molar refractivity (Wildman–Crippen MR) is 95.1 cm³/mol. The maximum Gasteiger partial charge on any atom is 0.241 e. The summed E-state index contributed by atoms with van der Waals surface area (Å²) in [6.45, 7) is 5.85. The quantitative estimate of drug-likeness (QED) is 0.826. The van der Waals surface area contributed by atoms with Crippen LogP contribution in [0.15, 0.2) is 29.2 Å². The van der Waals surface area contributed by atoms with Crippen LogP contribution in [0.3, 0.4) is 0 Å². The molecule has 134 valence electrons. The minimum atomic E-state index is -3.70. The number of amides is 1. The summed E-state index contributed by atoms with van der Waals surface area (Å²) in [5.74, 6) is 0.209. The van der Waals surface area contributed by atoms with E-state index in [4.69, 9.17) is 0 Å². The Kier molecular flexibility index (Phi) is 6.40. The molecule has 1 aromatic carbocycles. The lowest BCUT2D eigenvalue weighted by Crippen LogP contribution is -2.51. The van der Waals surface area contributed by atoms with Crippen LogP contribution in [-0.4, -0.2) is 26.4 Å². The molecule has 0 bridgehead atoms. The number of aryl methyl sites for hydroxylation is 1. The van der Waals surface area contributed by atoms with Crippen LogP contribution in [0.25, 0.3) is 0 Å². The number of nitrogens with one attached hydrogen (secondary N) is 2. The fraction of sp³-hybridized carbons (Fsp3) is 0.611. The summed E-state index contributed by atoms with van der Waals surface area (Å²) in [7, 11) is -3.70. The normalized spacial score (nSPS) is 22.8. The second-order valence-corrected chi connectivity index (χ2v) is 8.49. The third-order valence-electron chi connectivity index (χ3n) is 4.79. The molecule has 2 rings (SSSR count). The Bertz CT molecular complexity index is 655. The molecule has 1 saturated carbocycles. The molecule has 3 unspecified atom stereocenters. The molecule has 1 aliphatic carbocycles. The van der Waals surface area contributed by atoms with Crippen LogP contribution in [0.1, 0.15) is 51.5 Å². The first kappa shape index (κ1) is 18.9. The molecule has 0 aromatic heterocycles. The van der Waals surface area contributed by atoms with E-state index in [1.807, 2.05) is 13.8 Å². The lowest BCUT2D eigenvalue weighted by atomic mass is 9.86. The van der Waals surface area contributed by atoms with Crippen molar-refractivity contribution >= 4 is 15.9 Å². The molecule has 2 N–H and O–H groups in total. The molecule has 24 heavy (non-hydrogen) atoms. The summed E-state index contributed by atoms with van der Waals surface area (Å²) in [5, 5.41) is 3.04. The second kappa shape index (κ2) is 8.12. The van der Waals surface area contributed by atoms with Crippen molar-refractivity contribution < 1.29 is 13.2 Å². The fourth-order valence-corrected chi connectivity index (χ4v) is 4.39. The molecule has 0 heterocycles. The Balaban J connectivity index is 2.04. The number of carbonyl (C=O) groups is 1. The first-order valence-electron chi connectivity index (χ1n) is 8.73. The summed E-state index contributed by atoms with van der Waals surface area (Å²) >= 11 is 0. The van der Waals surface area contributed by atoms with Gasteiger partial charge in [-0.05, 0) is 44.2 Å². The molecule has 0 radical (unpaired) electrons. The molecular formula is C18H28N2O3S. The van der Waals surface area contributed by atoms with E-state index in [9.17, 15) is 13.2 Å². The third-order valence-corrected chi connectivity index (χ3v) is 6.28. The van der Waals surface area contributed by atoms with E-state index in [1.165, 1.54) is 6.42 Å². The van der Waals surface area contributed by atoms with Gasteiger partial charge < -0.3 is 5.32 Å². The average molecular weight is 353 g/mol. The molecule has 6 heteroatoms. The summed E-state index contributed by atoms with van der Waals surface area (Å²) in [6, 6.07) is 6.02. The summed E-state index contributed by atoms with van der Waals surface area (Å²) in [4.78, 5) is 12.7. The molecule has 3 atom stereocenters. The SMILES string of the molecule is CCC(NS(=O)(=O)c1ccc(C)cc1)C(=O)NC1CCCCC1C. The van der Waals surface area contributed by atoms with E-state index in [0.29, 0.717) is 12.3 Å². The Morgan fingerprint density at radius 1 is 1.21 bits per heavy atom. The fourth-order valence-electron chi connectivity index (χ4n) is 3.11. The number of benzene rings is 1. The highest BCUT2D eigenvalue weighted by molar-refractivity contribution is 7.89. The van der Waals surface area contributed by atoms with E-state index in [-0.39, 0.29) is 16.8 Å². The highest BCUT2D eigenvalue weighted by Gasteiger charge is 2.28. The standard InChI is InChI=1S/C18H28N2O3S/c1-4-16(18(21)19-17-8-6-5-7-14(17)3)20-24(22,23)15-11-9-13(2)10-12-15/h9-12,14,16-17,20H,4-8H2,1-3H3,(H,19,21). The van der Waals surface area contributed by atoms with Crippen LogP contribution >= 0.6 is 0 Å². The predicted octanol–water partition coefficient (Wildman–Crippen LogP) is 2.75. The van der Waals surface area contributed by atoms with Gasteiger partial charge in [-0.3, -0.25) is 4.79 Å². The van der Waals surface area contributed by atoms with Crippen LogP contribution in [-0.2, 0) is 14.8 Å². The van der Waals surface area contributed by atoms with Crippen LogP contribution < -0.4 is 10.0 Å². The maximum atomic E-state index is 12.5. The van der Waals surface area contributed by atoms with E-state index >= 15 is 0 Å². The first-order chi connectivity index (χ1) is 11.3. The minimum Gasteiger partial charge on any atom is -0.352 e. The third kappa shape index (κ3) is 4.80. The van der Waals surface area contributed by atoms with Crippen LogP contribution in [0, 0.1) is 12.8 Å². The van der Waals surface area contributed by atoms with Crippen molar-refractivity contribution in [3.05, 3.63) is 29.8 Å². The summed E-state index contributed by atoms with van der Waals surface area (Å²) < 4.78 is 27.5. The van der Waals surface area contributed by atoms with Crippen molar-refractivity contribution in [2.45, 2.75) is 69.9 Å². The van der Waals surface area contributed by atoms with Crippen molar-refractivity contribution in [3.63, 3.8) is 0 Å². The topological polar surface area (TPSA) is 75.3 Å². The van der Waals surface area contributed by atoms with Gasteiger partial charge in [0, 0.05) is 6.04 Å². The molecule has 1 fully saturated rings. The van der Waals surface area contributed by atoms with Gasteiger partial charge in [0.05, 0.1) is 4.90 Å². The second-order valence-electron chi connectivity index (χ2n) is 6.77. The molecule has 1 amide bonds. The molecule has 1 aliphatic rings. The Labute approximate surface area is 145 Å². The van der Waals surface area contributed by atoms with Gasteiger partial charge in [0.25, 0.3) is 0 Å². The smallest absolute Gasteiger partial charge is 0.241 e. The number of hydrogen-bond acceptors (Lipinski definition) is 3. The Morgan fingerprint density at radius 2 is 1.83 bits per heavy atom. The van der Waals surface area contributed by atoms with Gasteiger partial charge in [0.15, 0.2) is 0 Å². The van der Waals surface area contributed by atoms with Crippen molar-refractivity contribution in [3.8, 4) is 0 Å². The van der Waals surface area contributed by atoms with E-state index in [0.717, 1.165) is 24.8 Å². The van der Waals surface area contributed by atoms with E-state index in [1.54, 1.807) is 24.3 Å². The van der Waals surface area contributed by atoms with Crippen molar-refractivity contribution in [2.75, 3.05) is 0 Å². The van der Waals surface area contributed by atoms with Crippen molar-refractivity contribution in [1.82, 2.24) is 10.0 Å². The zero-order valence-electron chi connectivity index (χ0n) is 14.7. The van der Waals surface area contributed by atoms with Gasteiger partial charge in [0.1, 0.15) is 6.04 Å². The molecular weight excluding hydrogens is 324 g/mol. The number of sulfonamides is 1. The number of hydrogen-bond donors (Lipinski definition) is 2. The monoisotopic (exact) mass is 352 g/mol. The van der Waals surface area contributed by atoms with Crippen molar-refractivity contribution in [2.24, 2.45) is 5.92 Å². The lowest BCUT2D eigenvalue weighted by molar-refractivity contribution is -0.124. The molecule has 0 saturated heterocycles. The van der Waals surface area contributed by atoms with Gasteiger partial charge in [-0.1, -0.05) is 44.4 Å². The zero-order valence-corrected chi connectivity index (χ0v) is 15.5. The molecule has 0 spiro atoms. The molecule has 1 aromatic rings. The van der Waals surface area contributed by atoms with Crippen molar-refractivity contribution in [1.29, 1.82) is 0 Å². The molecule has 0 aliphatic heterocycles. The summed E-state index contributed by atoms with van der Waals surface area (Å²) in [5.41, 5.74) is 0.991. The van der Waals surface area contributed by atoms with Gasteiger partial charge in [0.2, 0.25) is 15.9 Å². The minimum absolute atomic E-state index is 0.143. The first-order valence-corrected chi connectivity index (χ1v) is 10.2. The van der Waals surface area contributed by atoms with E-state index in [2.05, 4.69) is 17.0 Å². The van der Waals surface area contributed by atoms with Crippen LogP contribution in [0.5, 0.6) is 0 Å². The summed E-state index contributed by atoms with van der Waals surface area (Å²) in [6.07, 6.45) is 4.80. The largest absolute Gasteiger partial charge is 0.352 e. The highest BCUT2D eigenvalue weighted by atomic mass is 32.2. The number of carbonyl (C=O) groups excluding carboxylic acids is 1. The van der Waals surface area contributed by atoms with Gasteiger partial charge in [-0.2, -0.15) is 4.72 Å². The van der Waals surface area contributed by atoms with Gasteiger partial charge in [-0.25, -0.2) is 8.42 Å².